The fraction of sp³-hybridized carbons (Fsp3) is 0.391. The molecular formula is C23H24ClF3N2O2S. The second kappa shape index (κ2) is 10.6. The molecule has 0 bridgehead atoms. The highest BCUT2D eigenvalue weighted by Crippen LogP contribution is 2.37. The van der Waals surface area contributed by atoms with Gasteiger partial charge in [-0.3, -0.25) is 9.59 Å². The van der Waals surface area contributed by atoms with Crippen LogP contribution in [-0.4, -0.2) is 17.1 Å². The molecule has 1 unspecified atom stereocenters. The molecule has 0 aliphatic heterocycles. The number of carbonyl (C=O) groups is 2. The van der Waals surface area contributed by atoms with Crippen LogP contribution in [0.15, 0.2) is 47.4 Å². The minimum atomic E-state index is -4.64. The number of hydrogen-bond acceptors (Lipinski definition) is 3. The highest BCUT2D eigenvalue weighted by atomic mass is 35.5. The fourth-order valence-corrected chi connectivity index (χ4v) is 4.71. The van der Waals surface area contributed by atoms with Gasteiger partial charge in [0.25, 0.3) is 0 Å². The lowest BCUT2D eigenvalue weighted by atomic mass is 9.88. The lowest BCUT2D eigenvalue weighted by molar-refractivity contribution is -0.137. The van der Waals surface area contributed by atoms with Crippen LogP contribution in [0, 0.1) is 5.92 Å². The van der Waals surface area contributed by atoms with Crippen LogP contribution in [-0.2, 0) is 15.8 Å². The third-order valence-corrected chi connectivity index (χ3v) is 6.63. The zero-order valence-electron chi connectivity index (χ0n) is 17.5. The van der Waals surface area contributed by atoms with Gasteiger partial charge in [-0.05, 0) is 56.2 Å². The Morgan fingerprint density at radius 2 is 1.78 bits per heavy atom. The highest BCUT2D eigenvalue weighted by molar-refractivity contribution is 8.00. The molecule has 172 valence electrons. The summed E-state index contributed by atoms with van der Waals surface area (Å²) in [7, 11) is 0. The van der Waals surface area contributed by atoms with Crippen molar-refractivity contribution in [2.75, 3.05) is 10.6 Å². The van der Waals surface area contributed by atoms with Crippen molar-refractivity contribution in [3.8, 4) is 0 Å². The van der Waals surface area contributed by atoms with Crippen molar-refractivity contribution in [2.24, 2.45) is 5.92 Å². The largest absolute Gasteiger partial charge is 0.418 e. The van der Waals surface area contributed by atoms with E-state index in [1.54, 1.807) is 31.2 Å². The van der Waals surface area contributed by atoms with Crippen molar-refractivity contribution >= 4 is 46.6 Å². The first-order valence-corrected chi connectivity index (χ1v) is 11.6. The van der Waals surface area contributed by atoms with E-state index >= 15 is 0 Å². The van der Waals surface area contributed by atoms with Crippen molar-refractivity contribution in [1.82, 2.24) is 0 Å². The molecule has 32 heavy (non-hydrogen) atoms. The first-order valence-electron chi connectivity index (χ1n) is 10.4. The van der Waals surface area contributed by atoms with Crippen molar-refractivity contribution < 1.29 is 22.8 Å². The normalized spacial score (nSPS) is 15.8. The lowest BCUT2D eigenvalue weighted by Gasteiger charge is -2.21. The maximum atomic E-state index is 13.3. The minimum Gasteiger partial charge on any atom is -0.326 e. The molecule has 2 aromatic carbocycles. The monoisotopic (exact) mass is 484 g/mol. The summed E-state index contributed by atoms with van der Waals surface area (Å²) in [5.41, 5.74) is -0.703. The van der Waals surface area contributed by atoms with Gasteiger partial charge in [-0.25, -0.2) is 0 Å². The Kier molecular flexibility index (Phi) is 8.11. The molecule has 2 aromatic rings. The highest BCUT2D eigenvalue weighted by Gasteiger charge is 2.34. The van der Waals surface area contributed by atoms with E-state index in [0.717, 1.165) is 49.1 Å². The van der Waals surface area contributed by atoms with E-state index in [4.69, 9.17) is 11.6 Å². The zero-order valence-corrected chi connectivity index (χ0v) is 19.0. The molecule has 0 aromatic heterocycles. The van der Waals surface area contributed by atoms with E-state index < -0.39 is 22.9 Å². The second-order valence-corrected chi connectivity index (χ2v) is 9.64. The number of alkyl halides is 3. The minimum absolute atomic E-state index is 0.0000556. The Hall–Kier alpha value is -2.19. The third-order valence-electron chi connectivity index (χ3n) is 5.30. The van der Waals surface area contributed by atoms with Crippen LogP contribution in [0.5, 0.6) is 0 Å². The number of halogens is 4. The summed E-state index contributed by atoms with van der Waals surface area (Å²) in [6, 6.07) is 10.3. The van der Waals surface area contributed by atoms with Gasteiger partial charge in [-0.1, -0.05) is 36.9 Å². The molecule has 3 rings (SSSR count). The number of benzene rings is 2. The maximum absolute atomic E-state index is 13.3. The van der Waals surface area contributed by atoms with Gasteiger partial charge >= 0.3 is 6.18 Å². The summed E-state index contributed by atoms with van der Waals surface area (Å²) >= 11 is 6.88. The van der Waals surface area contributed by atoms with E-state index in [0.29, 0.717) is 5.69 Å². The number of rotatable bonds is 6. The van der Waals surface area contributed by atoms with Crippen LogP contribution in [0.2, 0.25) is 5.02 Å². The van der Waals surface area contributed by atoms with Crippen LogP contribution in [0.25, 0.3) is 0 Å². The van der Waals surface area contributed by atoms with Crippen LogP contribution >= 0.6 is 23.4 Å². The Labute approximate surface area is 194 Å². The quantitative estimate of drug-likeness (QED) is 0.434. The molecule has 9 heteroatoms. The van der Waals surface area contributed by atoms with Crippen LogP contribution < -0.4 is 10.6 Å². The van der Waals surface area contributed by atoms with Gasteiger partial charge in [0.1, 0.15) is 0 Å². The zero-order chi connectivity index (χ0) is 23.3. The Morgan fingerprint density at radius 3 is 2.47 bits per heavy atom. The molecule has 0 saturated heterocycles. The third kappa shape index (κ3) is 6.65. The molecule has 2 N–H and O–H groups in total. The van der Waals surface area contributed by atoms with E-state index in [9.17, 15) is 22.8 Å². The Bertz CT molecular complexity index is 978. The summed E-state index contributed by atoms with van der Waals surface area (Å²) in [5, 5.41) is 4.54. The molecule has 1 fully saturated rings. The van der Waals surface area contributed by atoms with Gasteiger partial charge in [0.15, 0.2) is 0 Å². The van der Waals surface area contributed by atoms with Crippen molar-refractivity contribution in [2.45, 2.75) is 55.3 Å². The molecule has 0 spiro atoms. The number of anilines is 2. The molecule has 1 aliphatic carbocycles. The summed E-state index contributed by atoms with van der Waals surface area (Å²) in [5.74, 6) is -0.550. The van der Waals surface area contributed by atoms with Gasteiger partial charge in [0, 0.05) is 21.5 Å². The van der Waals surface area contributed by atoms with Gasteiger partial charge in [-0.15, -0.1) is 11.8 Å². The number of carbonyl (C=O) groups excluding carboxylic acids is 2. The first kappa shape index (κ1) is 24.5. The molecule has 1 aliphatic rings. The SMILES string of the molecule is CC(Sc1cccc(NC(=O)C2CCCCC2)c1)C(=O)Nc1ccc(Cl)cc1C(F)(F)F. The molecule has 0 radical (unpaired) electrons. The molecule has 2 amide bonds. The molecule has 0 heterocycles. The van der Waals surface area contributed by atoms with Crippen LogP contribution in [0.4, 0.5) is 24.5 Å². The predicted molar refractivity (Wildman–Crippen MR) is 122 cm³/mol. The van der Waals surface area contributed by atoms with Crippen molar-refractivity contribution in [3.63, 3.8) is 0 Å². The maximum Gasteiger partial charge on any atom is 0.418 e. The predicted octanol–water partition coefficient (Wildman–Crippen LogP) is 7.00. The smallest absolute Gasteiger partial charge is 0.326 e. The number of nitrogens with one attached hydrogen (secondary N) is 2. The Balaban J connectivity index is 1.63. The molecule has 4 nitrogen and oxygen atoms in total. The number of hydrogen-bond donors (Lipinski definition) is 2. The topological polar surface area (TPSA) is 58.2 Å². The molecule has 1 atom stereocenters. The van der Waals surface area contributed by atoms with E-state index in [1.165, 1.54) is 17.8 Å². The standard InChI is InChI=1S/C23H24ClF3N2O2S/c1-14(21(30)29-20-11-10-16(24)12-19(20)23(25,26)27)32-18-9-5-8-17(13-18)28-22(31)15-6-3-2-4-7-15/h5,8-15H,2-4,6-7H2,1H3,(H,28,31)(H,29,30). The number of thioether (sulfide) groups is 1. The van der Waals surface area contributed by atoms with Crippen molar-refractivity contribution in [3.05, 3.63) is 53.1 Å². The summed E-state index contributed by atoms with van der Waals surface area (Å²) in [6.07, 6.45) is 0.420. The average molecular weight is 485 g/mol. The number of amides is 2. The van der Waals surface area contributed by atoms with Crippen molar-refractivity contribution in [1.29, 1.82) is 0 Å². The summed E-state index contributed by atoms with van der Waals surface area (Å²) in [4.78, 5) is 25.7. The Morgan fingerprint density at radius 1 is 1.06 bits per heavy atom. The van der Waals surface area contributed by atoms with E-state index in [-0.39, 0.29) is 22.5 Å². The first-order chi connectivity index (χ1) is 15.1. The molecule has 1 saturated carbocycles. The van der Waals surface area contributed by atoms with Gasteiger partial charge < -0.3 is 10.6 Å². The van der Waals surface area contributed by atoms with Crippen LogP contribution in [0.3, 0.4) is 0 Å². The van der Waals surface area contributed by atoms with E-state index in [2.05, 4.69) is 10.6 Å². The lowest BCUT2D eigenvalue weighted by Crippen LogP contribution is -2.25. The van der Waals surface area contributed by atoms with Gasteiger partial charge in [0.2, 0.25) is 11.8 Å². The fourth-order valence-electron chi connectivity index (χ4n) is 3.61. The van der Waals surface area contributed by atoms with Gasteiger partial charge in [0.05, 0.1) is 16.5 Å². The second-order valence-electron chi connectivity index (χ2n) is 7.79. The van der Waals surface area contributed by atoms with Gasteiger partial charge in [-0.2, -0.15) is 13.2 Å². The summed E-state index contributed by atoms with van der Waals surface area (Å²) < 4.78 is 39.8. The summed E-state index contributed by atoms with van der Waals surface area (Å²) in [6.45, 7) is 1.61. The molecular weight excluding hydrogens is 461 g/mol. The van der Waals surface area contributed by atoms with Crippen LogP contribution in [0.1, 0.15) is 44.6 Å². The van der Waals surface area contributed by atoms with E-state index in [1.807, 2.05) is 0 Å². The average Bonchev–Trinajstić information content (AvgIpc) is 2.75.